The fraction of sp³-hybridized carbons (Fsp3) is 0. The predicted molar refractivity (Wildman–Crippen MR) is 148 cm³/mol. The average Bonchev–Trinajstić information content (AvgIpc) is 3.14. The Labute approximate surface area is 213 Å². The van der Waals surface area contributed by atoms with Gasteiger partial charge in [0.05, 0.1) is 0 Å². The van der Waals surface area contributed by atoms with Gasteiger partial charge in [-0.25, -0.2) is 0 Å². The second-order valence-corrected chi connectivity index (χ2v) is 12.8. The molecule has 0 aromatic heterocycles. The maximum atomic E-state index is 2.46. The summed E-state index contributed by atoms with van der Waals surface area (Å²) in [6, 6.07) is 48.8. The Balaban J connectivity index is 1.52. The second kappa shape index (κ2) is 9.63. The molecule has 0 unspecified atom stereocenters. The minimum atomic E-state index is 0.260. The van der Waals surface area contributed by atoms with Crippen molar-refractivity contribution in [2.45, 2.75) is 0 Å². The summed E-state index contributed by atoms with van der Waals surface area (Å²) in [6.45, 7) is 0. The summed E-state index contributed by atoms with van der Waals surface area (Å²) in [6.07, 6.45) is 0. The van der Waals surface area contributed by atoms with Gasteiger partial charge in [0.1, 0.15) is 0 Å². The quantitative estimate of drug-likeness (QED) is 0.262. The molecular weight excluding hydrogens is 542 g/mol. The topological polar surface area (TPSA) is 0 Å². The zero-order valence-electron chi connectivity index (χ0n) is 18.5. The van der Waals surface area contributed by atoms with Gasteiger partial charge in [-0.2, -0.15) is 0 Å². The first-order chi connectivity index (χ1) is 16.9. The van der Waals surface area contributed by atoms with E-state index in [1.165, 1.54) is 51.2 Å². The van der Waals surface area contributed by atoms with E-state index >= 15 is 0 Å². The van der Waals surface area contributed by atoms with Crippen LogP contribution >= 0.6 is 0 Å². The van der Waals surface area contributed by atoms with Crippen molar-refractivity contribution in [3.63, 3.8) is 0 Å². The van der Waals surface area contributed by atoms with Gasteiger partial charge in [0.15, 0.2) is 0 Å². The van der Waals surface area contributed by atoms with Crippen LogP contribution in [0.3, 0.4) is 0 Å². The molecule has 0 amide bonds. The number of hydrogen-bond donors (Lipinski definition) is 0. The molecular formula is C32H22Se2. The first-order valence-electron chi connectivity index (χ1n) is 11.4. The third-order valence-electron chi connectivity index (χ3n) is 5.97. The van der Waals surface area contributed by atoms with Gasteiger partial charge in [0.2, 0.25) is 0 Å². The van der Waals surface area contributed by atoms with Crippen LogP contribution in [0.5, 0.6) is 0 Å². The van der Waals surface area contributed by atoms with E-state index in [0.29, 0.717) is 0 Å². The Hall–Kier alpha value is -3.12. The van der Waals surface area contributed by atoms with E-state index in [0.717, 1.165) is 0 Å². The summed E-state index contributed by atoms with van der Waals surface area (Å²) in [5.41, 5.74) is 8.13. The van der Waals surface area contributed by atoms with Crippen molar-refractivity contribution in [3.8, 4) is 33.4 Å². The van der Waals surface area contributed by atoms with Crippen molar-refractivity contribution >= 4 is 47.8 Å². The van der Waals surface area contributed by atoms with Gasteiger partial charge >= 0.3 is 215 Å². The first-order valence-corrected chi connectivity index (χ1v) is 14.8. The van der Waals surface area contributed by atoms with Gasteiger partial charge in [0, 0.05) is 0 Å². The normalized spacial score (nSPS) is 11.2. The maximum absolute atomic E-state index is 2.46. The monoisotopic (exact) mass is 566 g/mol. The predicted octanol–water partition coefficient (Wildman–Crippen LogP) is 4.87. The van der Waals surface area contributed by atoms with E-state index in [-0.39, 0.29) is 29.9 Å². The first kappa shape index (κ1) is 21.4. The molecule has 0 heterocycles. The molecule has 0 bridgehead atoms. The molecule has 0 spiro atoms. The molecule has 0 fully saturated rings. The Bertz CT molecular complexity index is 1370. The van der Waals surface area contributed by atoms with Gasteiger partial charge in [-0.1, -0.05) is 0 Å². The summed E-state index contributed by atoms with van der Waals surface area (Å²) >= 11 is 0.520. The van der Waals surface area contributed by atoms with E-state index in [1.54, 1.807) is 0 Å². The molecule has 0 N–H and O–H groups in total. The van der Waals surface area contributed by atoms with Gasteiger partial charge in [-0.15, -0.1) is 0 Å². The number of rotatable bonds is 5. The van der Waals surface area contributed by atoms with Crippen LogP contribution in [0.4, 0.5) is 0 Å². The third kappa shape index (κ3) is 4.23. The Morgan fingerprint density at radius 1 is 0.294 bits per heavy atom. The molecule has 0 radical (unpaired) electrons. The molecule has 0 nitrogen and oxygen atoms in total. The molecule has 0 atom stereocenters. The van der Waals surface area contributed by atoms with Gasteiger partial charge in [-0.05, 0) is 0 Å². The molecule has 0 saturated heterocycles. The summed E-state index contributed by atoms with van der Waals surface area (Å²) < 4.78 is 5.72. The summed E-state index contributed by atoms with van der Waals surface area (Å²) in [7, 11) is 0. The van der Waals surface area contributed by atoms with Crippen LogP contribution in [0, 0.1) is 0 Å². The molecule has 4 aliphatic carbocycles. The molecule has 6 rings (SSSR count). The average molecular weight is 564 g/mol. The molecule has 162 valence electrons. The molecule has 2 aromatic rings. The summed E-state index contributed by atoms with van der Waals surface area (Å²) in [5.74, 6) is 0. The zero-order chi connectivity index (χ0) is 22.7. The van der Waals surface area contributed by atoms with Crippen LogP contribution in [-0.4, -0.2) is 29.9 Å². The fourth-order valence-electron chi connectivity index (χ4n) is 4.41. The van der Waals surface area contributed by atoms with Gasteiger partial charge < -0.3 is 0 Å². The van der Waals surface area contributed by atoms with E-state index in [9.17, 15) is 0 Å². The van der Waals surface area contributed by atoms with Crippen molar-refractivity contribution in [2.75, 3.05) is 0 Å². The van der Waals surface area contributed by atoms with Gasteiger partial charge in [-0.3, -0.25) is 0 Å². The fourth-order valence-corrected chi connectivity index (χ4v) is 8.66. The molecule has 0 aliphatic heterocycles. The van der Waals surface area contributed by atoms with E-state index in [4.69, 9.17) is 0 Å². The van der Waals surface area contributed by atoms with Crippen LogP contribution in [0.15, 0.2) is 133 Å². The third-order valence-corrected chi connectivity index (χ3v) is 10.4. The molecule has 4 aliphatic rings. The SMILES string of the molecule is c1ccc([Se]c2cc(-c3cc([Se]c4ccccc4)c4cccccc3-4)c3cccccc2-3)cc1. The van der Waals surface area contributed by atoms with Gasteiger partial charge in [0.25, 0.3) is 0 Å². The van der Waals surface area contributed by atoms with Crippen LogP contribution < -0.4 is 17.8 Å². The van der Waals surface area contributed by atoms with E-state index in [1.807, 2.05) is 0 Å². The van der Waals surface area contributed by atoms with E-state index in [2.05, 4.69) is 133 Å². The summed E-state index contributed by atoms with van der Waals surface area (Å²) in [4.78, 5) is 0. The zero-order valence-corrected chi connectivity index (χ0v) is 21.9. The standard InChI is InChI=1S/C32H22Se2/c1-5-13-23(14-6-1)33-31-21-29(25-17-9-3-11-19-27(25)31)30-22-32(34-24-15-7-2-8-16-24)28-20-12-4-10-18-26(28)30/h1-22H. The van der Waals surface area contributed by atoms with Crippen LogP contribution in [0.1, 0.15) is 0 Å². The van der Waals surface area contributed by atoms with Crippen LogP contribution in [0.2, 0.25) is 0 Å². The van der Waals surface area contributed by atoms with E-state index < -0.39 is 0 Å². The number of benzene rings is 2. The van der Waals surface area contributed by atoms with Crippen molar-refractivity contribution in [3.05, 3.63) is 133 Å². The van der Waals surface area contributed by atoms with Crippen molar-refractivity contribution in [1.82, 2.24) is 0 Å². The summed E-state index contributed by atoms with van der Waals surface area (Å²) in [5, 5.41) is 0. The molecule has 34 heavy (non-hydrogen) atoms. The molecule has 0 saturated carbocycles. The minimum absolute atomic E-state index is 0.260. The number of fused-ring (bicyclic) bond motifs is 2. The Morgan fingerprint density at radius 3 is 1.00 bits per heavy atom. The van der Waals surface area contributed by atoms with Crippen LogP contribution in [-0.2, 0) is 0 Å². The Morgan fingerprint density at radius 2 is 0.618 bits per heavy atom. The second-order valence-electron chi connectivity index (χ2n) is 8.15. The van der Waals surface area contributed by atoms with Crippen molar-refractivity contribution in [1.29, 1.82) is 0 Å². The number of hydrogen-bond acceptors (Lipinski definition) is 0. The Kier molecular flexibility index (Phi) is 6.06. The van der Waals surface area contributed by atoms with Crippen LogP contribution in [0.25, 0.3) is 33.4 Å². The molecule has 2 heteroatoms. The molecule has 2 aromatic carbocycles. The van der Waals surface area contributed by atoms with Crippen molar-refractivity contribution in [2.24, 2.45) is 0 Å². The van der Waals surface area contributed by atoms with Crippen molar-refractivity contribution < 1.29 is 0 Å².